The van der Waals surface area contributed by atoms with E-state index in [4.69, 9.17) is 21.1 Å². The van der Waals surface area contributed by atoms with E-state index in [0.29, 0.717) is 12.3 Å². The Kier molecular flexibility index (Phi) is 7.57. The first-order valence-corrected chi connectivity index (χ1v) is 10.1. The van der Waals surface area contributed by atoms with Crippen molar-refractivity contribution in [2.24, 2.45) is 0 Å². The third-order valence-corrected chi connectivity index (χ3v) is 5.26. The molecule has 2 aromatic carbocycles. The molecule has 1 amide bonds. The quantitative estimate of drug-likeness (QED) is 0.723. The van der Waals surface area contributed by atoms with E-state index in [1.54, 1.807) is 31.4 Å². The lowest BCUT2D eigenvalue weighted by molar-refractivity contribution is -0.123. The molecule has 150 valence electrons. The van der Waals surface area contributed by atoms with Crippen LogP contribution >= 0.6 is 11.6 Å². The molecule has 1 fully saturated rings. The maximum atomic E-state index is 12.3. The average molecular weight is 403 g/mol. The smallest absolute Gasteiger partial charge is 0.258 e. The number of likely N-dealkylation sites (tertiary alicyclic amines) is 1. The van der Waals surface area contributed by atoms with Gasteiger partial charge in [0.15, 0.2) is 6.61 Å². The van der Waals surface area contributed by atoms with Crippen LogP contribution in [0.1, 0.15) is 30.9 Å². The Morgan fingerprint density at radius 1 is 1.04 bits per heavy atom. The van der Waals surface area contributed by atoms with Gasteiger partial charge in [-0.2, -0.15) is 0 Å². The van der Waals surface area contributed by atoms with E-state index in [0.717, 1.165) is 23.9 Å². The summed E-state index contributed by atoms with van der Waals surface area (Å²) in [6.45, 7) is 2.63. The molecule has 6 heteroatoms. The van der Waals surface area contributed by atoms with Gasteiger partial charge in [-0.05, 0) is 67.9 Å². The maximum Gasteiger partial charge on any atom is 0.258 e. The number of piperidine rings is 1. The molecule has 1 heterocycles. The SMILES string of the molecule is COc1ccc(OCC(=O)NC[C@H](c2ccc(Cl)cc2)N2CCCCC2)cc1. The summed E-state index contributed by atoms with van der Waals surface area (Å²) < 4.78 is 10.7. The van der Waals surface area contributed by atoms with E-state index in [1.165, 1.54) is 24.8 Å². The number of carbonyl (C=O) groups is 1. The van der Waals surface area contributed by atoms with Crippen molar-refractivity contribution in [3.8, 4) is 11.5 Å². The first-order chi connectivity index (χ1) is 13.7. The number of methoxy groups -OCH3 is 1. The third kappa shape index (κ3) is 5.88. The highest BCUT2D eigenvalue weighted by molar-refractivity contribution is 6.30. The minimum Gasteiger partial charge on any atom is -0.497 e. The van der Waals surface area contributed by atoms with Gasteiger partial charge in [-0.25, -0.2) is 0 Å². The zero-order valence-electron chi connectivity index (χ0n) is 16.2. The fourth-order valence-electron chi connectivity index (χ4n) is 3.46. The number of halogens is 1. The highest BCUT2D eigenvalue weighted by Gasteiger charge is 2.23. The molecule has 1 atom stereocenters. The molecule has 0 saturated carbocycles. The molecule has 28 heavy (non-hydrogen) atoms. The van der Waals surface area contributed by atoms with Crippen LogP contribution in [0.3, 0.4) is 0 Å². The predicted molar refractivity (Wildman–Crippen MR) is 111 cm³/mol. The van der Waals surface area contributed by atoms with Gasteiger partial charge < -0.3 is 14.8 Å². The van der Waals surface area contributed by atoms with Gasteiger partial charge in [0.1, 0.15) is 11.5 Å². The lowest BCUT2D eigenvalue weighted by Crippen LogP contribution is -2.41. The Morgan fingerprint density at radius 3 is 2.32 bits per heavy atom. The zero-order chi connectivity index (χ0) is 19.8. The van der Waals surface area contributed by atoms with Crippen LogP contribution < -0.4 is 14.8 Å². The van der Waals surface area contributed by atoms with Crippen molar-refractivity contribution >= 4 is 17.5 Å². The number of nitrogens with zero attached hydrogens (tertiary/aromatic N) is 1. The fraction of sp³-hybridized carbons (Fsp3) is 0.409. The van der Waals surface area contributed by atoms with Gasteiger partial charge in [-0.1, -0.05) is 30.2 Å². The number of ether oxygens (including phenoxy) is 2. The van der Waals surface area contributed by atoms with Gasteiger partial charge in [0, 0.05) is 11.6 Å². The average Bonchev–Trinajstić information content (AvgIpc) is 2.75. The second-order valence-electron chi connectivity index (χ2n) is 6.93. The summed E-state index contributed by atoms with van der Waals surface area (Å²) in [5, 5.41) is 3.74. The molecule has 5 nitrogen and oxygen atoms in total. The summed E-state index contributed by atoms with van der Waals surface area (Å²) in [4.78, 5) is 14.8. The van der Waals surface area contributed by atoms with Crippen LogP contribution in [0, 0.1) is 0 Å². The van der Waals surface area contributed by atoms with Crippen molar-refractivity contribution in [2.75, 3.05) is 33.4 Å². The van der Waals surface area contributed by atoms with Gasteiger partial charge in [0.2, 0.25) is 0 Å². The standard InChI is InChI=1S/C22H27ClN2O3/c1-27-19-9-11-20(12-10-19)28-16-22(26)24-15-21(25-13-3-2-4-14-25)17-5-7-18(23)8-6-17/h5-12,21H,2-4,13-16H2,1H3,(H,24,26)/t21-/m1/s1. The summed E-state index contributed by atoms with van der Waals surface area (Å²) in [6.07, 6.45) is 3.66. The molecule has 1 N–H and O–H groups in total. The zero-order valence-corrected chi connectivity index (χ0v) is 17.0. The van der Waals surface area contributed by atoms with Gasteiger partial charge in [0.25, 0.3) is 5.91 Å². The molecule has 1 saturated heterocycles. The molecule has 2 aromatic rings. The number of nitrogens with one attached hydrogen (secondary N) is 1. The minimum absolute atomic E-state index is 0.0142. The molecule has 0 aliphatic carbocycles. The lowest BCUT2D eigenvalue weighted by atomic mass is 10.0. The molecule has 0 aromatic heterocycles. The summed E-state index contributed by atoms with van der Waals surface area (Å²) >= 11 is 6.04. The number of rotatable bonds is 8. The molecular weight excluding hydrogens is 376 g/mol. The number of hydrogen-bond donors (Lipinski definition) is 1. The van der Waals surface area contributed by atoms with E-state index < -0.39 is 0 Å². The Hall–Kier alpha value is -2.24. The Morgan fingerprint density at radius 2 is 1.68 bits per heavy atom. The minimum atomic E-state index is -0.133. The Bertz CT molecular complexity index is 743. The summed E-state index contributed by atoms with van der Waals surface area (Å²) in [7, 11) is 1.61. The molecule has 0 spiro atoms. The van der Waals surface area contributed by atoms with Crippen molar-refractivity contribution in [3.63, 3.8) is 0 Å². The topological polar surface area (TPSA) is 50.8 Å². The van der Waals surface area contributed by atoms with E-state index in [-0.39, 0.29) is 18.6 Å². The van der Waals surface area contributed by atoms with Crippen LogP contribution in [0.25, 0.3) is 0 Å². The number of amides is 1. The second-order valence-corrected chi connectivity index (χ2v) is 7.37. The van der Waals surface area contributed by atoms with Crippen LogP contribution in [-0.2, 0) is 4.79 Å². The summed E-state index contributed by atoms with van der Waals surface area (Å²) in [5.41, 5.74) is 1.17. The van der Waals surface area contributed by atoms with Crippen LogP contribution in [0.5, 0.6) is 11.5 Å². The number of carbonyl (C=O) groups excluding carboxylic acids is 1. The Balaban J connectivity index is 1.55. The molecule has 3 rings (SSSR count). The Labute approximate surface area is 171 Å². The van der Waals surface area contributed by atoms with Gasteiger partial charge in [-0.3, -0.25) is 9.69 Å². The van der Waals surface area contributed by atoms with Gasteiger partial charge in [0.05, 0.1) is 13.2 Å². The van der Waals surface area contributed by atoms with E-state index in [9.17, 15) is 4.79 Å². The summed E-state index contributed by atoms with van der Waals surface area (Å²) in [6, 6.07) is 15.2. The van der Waals surface area contributed by atoms with E-state index in [2.05, 4.69) is 10.2 Å². The largest absolute Gasteiger partial charge is 0.497 e. The maximum absolute atomic E-state index is 12.3. The van der Waals surface area contributed by atoms with Crippen molar-refractivity contribution in [1.29, 1.82) is 0 Å². The van der Waals surface area contributed by atoms with Gasteiger partial charge in [-0.15, -0.1) is 0 Å². The van der Waals surface area contributed by atoms with Crippen molar-refractivity contribution in [3.05, 3.63) is 59.1 Å². The fourth-order valence-corrected chi connectivity index (χ4v) is 3.58. The van der Waals surface area contributed by atoms with Crippen LogP contribution in [0.2, 0.25) is 5.02 Å². The third-order valence-electron chi connectivity index (χ3n) is 5.01. The van der Waals surface area contributed by atoms with Crippen molar-refractivity contribution in [2.45, 2.75) is 25.3 Å². The van der Waals surface area contributed by atoms with Crippen LogP contribution in [-0.4, -0.2) is 44.2 Å². The lowest BCUT2D eigenvalue weighted by Gasteiger charge is -2.35. The van der Waals surface area contributed by atoms with E-state index in [1.807, 2.05) is 24.3 Å². The molecule has 0 radical (unpaired) electrons. The molecule has 1 aliphatic rings. The van der Waals surface area contributed by atoms with Crippen LogP contribution in [0.15, 0.2) is 48.5 Å². The number of hydrogen-bond acceptors (Lipinski definition) is 4. The first-order valence-electron chi connectivity index (χ1n) is 9.69. The predicted octanol–water partition coefficient (Wildman–Crippen LogP) is 4.07. The monoisotopic (exact) mass is 402 g/mol. The highest BCUT2D eigenvalue weighted by atomic mass is 35.5. The summed E-state index contributed by atoms with van der Waals surface area (Å²) in [5.74, 6) is 1.26. The number of benzene rings is 2. The molecule has 0 unspecified atom stereocenters. The second kappa shape index (κ2) is 10.3. The molecule has 1 aliphatic heterocycles. The highest BCUT2D eigenvalue weighted by Crippen LogP contribution is 2.25. The van der Waals surface area contributed by atoms with Crippen molar-refractivity contribution in [1.82, 2.24) is 10.2 Å². The van der Waals surface area contributed by atoms with E-state index >= 15 is 0 Å². The molecular formula is C22H27ClN2O3. The van der Waals surface area contributed by atoms with Gasteiger partial charge >= 0.3 is 0 Å². The molecule has 0 bridgehead atoms. The van der Waals surface area contributed by atoms with Crippen LogP contribution in [0.4, 0.5) is 0 Å². The van der Waals surface area contributed by atoms with Crippen molar-refractivity contribution < 1.29 is 14.3 Å². The first kappa shape index (κ1) is 20.5. The normalized spacial score (nSPS) is 15.6.